The summed E-state index contributed by atoms with van der Waals surface area (Å²) in [6.45, 7) is 0. The van der Waals surface area contributed by atoms with Crippen molar-refractivity contribution in [2.75, 3.05) is 4.90 Å². The molecule has 0 spiro atoms. The number of carbonyl (C=O) groups is 2. The lowest BCUT2D eigenvalue weighted by Crippen LogP contribution is -2.52. The van der Waals surface area contributed by atoms with Crippen LogP contribution in [0.4, 0.5) is 5.69 Å². The molecule has 1 aromatic rings. The van der Waals surface area contributed by atoms with Crippen LogP contribution in [0.3, 0.4) is 0 Å². The highest BCUT2D eigenvalue weighted by atomic mass is 79.9. The number of nitrogens with zero attached hydrogens (tertiary/aromatic N) is 1. The summed E-state index contributed by atoms with van der Waals surface area (Å²) in [6, 6.07) is 5.14. The normalized spacial score (nSPS) is 25.1. The van der Waals surface area contributed by atoms with E-state index in [0.717, 1.165) is 9.37 Å². The fraction of sp³-hybridized carbons (Fsp3) is 0.308. The molecule has 0 aliphatic carbocycles. The predicted molar refractivity (Wildman–Crippen MR) is 80.4 cm³/mol. The van der Waals surface area contributed by atoms with E-state index in [2.05, 4.69) is 15.9 Å². The highest BCUT2D eigenvalue weighted by Gasteiger charge is 2.47. The van der Waals surface area contributed by atoms with Gasteiger partial charge in [-0.3, -0.25) is 9.59 Å². The summed E-state index contributed by atoms with van der Waals surface area (Å²) < 4.78 is 6.13. The first-order chi connectivity index (χ1) is 9.49. The lowest BCUT2D eigenvalue weighted by Gasteiger charge is -2.31. The van der Waals surface area contributed by atoms with Crippen molar-refractivity contribution < 1.29 is 14.3 Å². The van der Waals surface area contributed by atoms with Crippen molar-refractivity contribution in [3.63, 3.8) is 0 Å². The molecule has 0 saturated carbocycles. The zero-order valence-electron chi connectivity index (χ0n) is 10.3. The zero-order valence-corrected chi connectivity index (χ0v) is 12.7. The van der Waals surface area contributed by atoms with Crippen molar-refractivity contribution in [3.8, 4) is 0 Å². The molecule has 104 valence electrons. The minimum atomic E-state index is -0.545. The lowest BCUT2D eigenvalue weighted by atomic mass is 10.1. The summed E-state index contributed by atoms with van der Waals surface area (Å²) in [7, 11) is 0. The Kier molecular flexibility index (Phi) is 3.35. The summed E-state index contributed by atoms with van der Waals surface area (Å²) >= 11 is 8.33. The van der Waals surface area contributed by atoms with Gasteiger partial charge in [-0.25, -0.2) is 4.90 Å². The monoisotopic (exact) mass is 354 g/mol. The van der Waals surface area contributed by atoms with Gasteiger partial charge in [-0.15, -0.1) is 0 Å². The molecule has 2 N–H and O–H groups in total. The second-order valence-electron chi connectivity index (χ2n) is 4.73. The first-order valence-corrected chi connectivity index (χ1v) is 7.32. The highest BCUT2D eigenvalue weighted by Crippen LogP contribution is 2.34. The minimum absolute atomic E-state index is 0.145. The number of anilines is 1. The number of nitrogens with two attached hydrogens (primary N) is 1. The van der Waals surface area contributed by atoms with Gasteiger partial charge in [-0.2, -0.15) is 0 Å². The van der Waals surface area contributed by atoms with E-state index in [-0.39, 0.29) is 16.8 Å². The van der Waals surface area contributed by atoms with Gasteiger partial charge < -0.3 is 10.5 Å². The smallest absolute Gasteiger partial charge is 0.263 e. The maximum atomic E-state index is 12.4. The van der Waals surface area contributed by atoms with Gasteiger partial charge in [0.15, 0.2) is 0 Å². The van der Waals surface area contributed by atoms with Crippen LogP contribution in [0.1, 0.15) is 18.4 Å². The van der Waals surface area contributed by atoms with E-state index in [4.69, 9.17) is 22.7 Å². The third-order valence-corrected chi connectivity index (χ3v) is 4.19. The molecule has 0 aromatic heterocycles. The number of hydrogen-bond acceptors (Lipinski definition) is 4. The van der Waals surface area contributed by atoms with E-state index in [1.54, 1.807) is 18.2 Å². The van der Waals surface area contributed by atoms with Crippen molar-refractivity contribution in [3.05, 3.63) is 28.2 Å². The van der Waals surface area contributed by atoms with Crippen molar-refractivity contribution in [2.45, 2.75) is 25.0 Å². The van der Waals surface area contributed by atoms with Crippen LogP contribution in [0.2, 0.25) is 0 Å². The van der Waals surface area contributed by atoms with Crippen LogP contribution in [0.15, 0.2) is 22.7 Å². The van der Waals surface area contributed by atoms with Crippen molar-refractivity contribution in [1.82, 2.24) is 0 Å². The molecule has 7 heteroatoms. The maximum Gasteiger partial charge on any atom is 0.263 e. The minimum Gasteiger partial charge on any atom is -0.389 e. The average molecular weight is 355 g/mol. The second kappa shape index (κ2) is 4.91. The van der Waals surface area contributed by atoms with Gasteiger partial charge in [0.1, 0.15) is 17.2 Å². The van der Waals surface area contributed by atoms with Crippen LogP contribution in [-0.4, -0.2) is 29.0 Å². The number of amides is 2. The molecule has 2 saturated heterocycles. The van der Waals surface area contributed by atoms with E-state index in [9.17, 15) is 9.59 Å². The predicted octanol–water partition coefficient (Wildman–Crippen LogP) is 1.50. The molecular weight excluding hydrogens is 344 g/mol. The molecule has 1 aromatic carbocycles. The molecule has 2 heterocycles. The van der Waals surface area contributed by atoms with Gasteiger partial charge in [0.2, 0.25) is 0 Å². The molecule has 2 atom stereocenters. The largest absolute Gasteiger partial charge is 0.389 e. The van der Waals surface area contributed by atoms with Crippen molar-refractivity contribution in [2.24, 2.45) is 5.73 Å². The Balaban J connectivity index is 2.12. The summed E-state index contributed by atoms with van der Waals surface area (Å²) in [4.78, 5) is 26.0. The van der Waals surface area contributed by atoms with Gasteiger partial charge in [0, 0.05) is 10.0 Å². The van der Waals surface area contributed by atoms with Crippen LogP contribution in [0.25, 0.3) is 0 Å². The third kappa shape index (κ3) is 2.06. The standard InChI is InChI=1S/C13H11BrN2O3S/c14-6-1-2-7(11(15)20)8(5-6)16-12(17)9-3-4-10(19-9)13(16)18/h1-2,5,9-10H,3-4H2,(H2,15,20). The van der Waals surface area contributed by atoms with Crippen LogP contribution in [-0.2, 0) is 14.3 Å². The number of carbonyl (C=O) groups excluding carboxylic acids is 2. The highest BCUT2D eigenvalue weighted by molar-refractivity contribution is 9.10. The van der Waals surface area contributed by atoms with E-state index in [0.29, 0.717) is 24.1 Å². The molecular formula is C13H11BrN2O3S. The summed E-state index contributed by atoms with van der Waals surface area (Å²) in [5.41, 5.74) is 6.61. The SMILES string of the molecule is NC(=S)c1ccc(Br)cc1N1C(=O)C2CCC(O2)C1=O. The summed E-state index contributed by atoms with van der Waals surface area (Å²) in [6.07, 6.45) is 0.0522. The van der Waals surface area contributed by atoms with Gasteiger partial charge in [0.05, 0.1) is 5.69 Å². The number of imide groups is 1. The lowest BCUT2D eigenvalue weighted by molar-refractivity contribution is -0.146. The van der Waals surface area contributed by atoms with Crippen LogP contribution < -0.4 is 10.6 Å². The topological polar surface area (TPSA) is 72.6 Å². The van der Waals surface area contributed by atoms with Crippen molar-refractivity contribution in [1.29, 1.82) is 0 Å². The average Bonchev–Trinajstić information content (AvgIpc) is 2.83. The Labute approximate surface area is 129 Å². The number of rotatable bonds is 2. The fourth-order valence-electron chi connectivity index (χ4n) is 2.53. The number of halogens is 1. The molecule has 2 bridgehead atoms. The van der Waals surface area contributed by atoms with E-state index < -0.39 is 12.2 Å². The number of morpholine rings is 1. The summed E-state index contributed by atoms with van der Waals surface area (Å²) in [5.74, 6) is -0.696. The summed E-state index contributed by atoms with van der Waals surface area (Å²) in [5, 5.41) is 0. The Morgan fingerprint density at radius 2 is 1.90 bits per heavy atom. The molecule has 2 aliphatic heterocycles. The molecule has 2 unspecified atom stereocenters. The number of fused-ring (bicyclic) bond motifs is 2. The quantitative estimate of drug-likeness (QED) is 0.643. The maximum absolute atomic E-state index is 12.4. The Bertz CT molecular complexity index is 612. The number of hydrogen-bond donors (Lipinski definition) is 1. The zero-order chi connectivity index (χ0) is 14.4. The molecule has 0 radical (unpaired) electrons. The van der Waals surface area contributed by atoms with E-state index in [1.165, 1.54) is 0 Å². The molecule has 5 nitrogen and oxygen atoms in total. The van der Waals surface area contributed by atoms with Crippen LogP contribution >= 0.6 is 28.1 Å². The number of thiocarbonyl (C=S) groups is 1. The molecule has 20 heavy (non-hydrogen) atoms. The number of benzene rings is 1. The van der Waals surface area contributed by atoms with Gasteiger partial charge in [-0.05, 0) is 31.0 Å². The number of ether oxygens (including phenoxy) is 1. The van der Waals surface area contributed by atoms with Gasteiger partial charge >= 0.3 is 0 Å². The third-order valence-electron chi connectivity index (χ3n) is 3.48. The van der Waals surface area contributed by atoms with E-state index >= 15 is 0 Å². The Morgan fingerprint density at radius 3 is 2.45 bits per heavy atom. The van der Waals surface area contributed by atoms with Crippen LogP contribution in [0.5, 0.6) is 0 Å². The Morgan fingerprint density at radius 1 is 1.30 bits per heavy atom. The molecule has 2 fully saturated rings. The van der Waals surface area contributed by atoms with Gasteiger partial charge in [-0.1, -0.05) is 28.1 Å². The Hall–Kier alpha value is -1.31. The second-order valence-corrected chi connectivity index (χ2v) is 6.08. The fourth-order valence-corrected chi connectivity index (χ4v) is 3.05. The molecule has 2 aliphatic rings. The van der Waals surface area contributed by atoms with Crippen LogP contribution in [0, 0.1) is 0 Å². The van der Waals surface area contributed by atoms with E-state index in [1.807, 2.05) is 0 Å². The first-order valence-electron chi connectivity index (χ1n) is 6.11. The molecule has 2 amide bonds. The van der Waals surface area contributed by atoms with Crippen molar-refractivity contribution >= 4 is 50.6 Å². The first kappa shape index (κ1) is 13.7. The molecule has 3 rings (SSSR count). The van der Waals surface area contributed by atoms with Gasteiger partial charge in [0.25, 0.3) is 11.8 Å².